The molecule has 1 unspecified atom stereocenters. The van der Waals surface area contributed by atoms with Crippen LogP contribution in [0, 0.1) is 23.0 Å². The number of nitro benzene ring substituents is 1. The molecule has 0 amide bonds. The number of methoxy groups -OCH3 is 1. The average molecular weight is 238 g/mol. The molecule has 0 aliphatic carbocycles. The maximum absolute atomic E-state index is 10.8. The predicted octanol–water partition coefficient (Wildman–Crippen LogP) is 2.60. The van der Waals surface area contributed by atoms with Crippen molar-refractivity contribution in [3.63, 3.8) is 0 Å². The van der Waals surface area contributed by atoms with Crippen LogP contribution in [0.3, 0.4) is 0 Å². The van der Waals surface area contributed by atoms with Crippen LogP contribution in [-0.2, 0) is 4.74 Å². The first-order chi connectivity index (χ1) is 8.04. The van der Waals surface area contributed by atoms with E-state index in [1.807, 2.05) is 6.07 Å². The van der Waals surface area contributed by atoms with Crippen LogP contribution in [0.1, 0.15) is 12.5 Å². The molecule has 1 aromatic carbocycles. The van der Waals surface area contributed by atoms with Gasteiger partial charge in [-0.15, -0.1) is 0 Å². The van der Waals surface area contributed by atoms with Crippen molar-refractivity contribution in [2.45, 2.75) is 13.8 Å². The Morgan fingerprint density at radius 3 is 2.82 bits per heavy atom. The molecule has 0 radical (unpaired) electrons. The summed E-state index contributed by atoms with van der Waals surface area (Å²) in [5.41, 5.74) is 1.59. The van der Waals surface area contributed by atoms with E-state index in [0.717, 1.165) is 12.2 Å². The van der Waals surface area contributed by atoms with Gasteiger partial charge in [-0.1, -0.05) is 13.0 Å². The number of nitro groups is 1. The molecule has 0 saturated carbocycles. The molecule has 17 heavy (non-hydrogen) atoms. The summed E-state index contributed by atoms with van der Waals surface area (Å²) in [5, 5.41) is 13.9. The van der Waals surface area contributed by atoms with E-state index in [1.165, 1.54) is 0 Å². The lowest BCUT2D eigenvalue weighted by molar-refractivity contribution is -0.385. The molecule has 0 aromatic heterocycles. The molecule has 1 N–H and O–H groups in total. The Morgan fingerprint density at radius 2 is 2.24 bits per heavy atom. The second-order valence-electron chi connectivity index (χ2n) is 4.20. The lowest BCUT2D eigenvalue weighted by atomic mass is 10.1. The summed E-state index contributed by atoms with van der Waals surface area (Å²) >= 11 is 0. The number of anilines is 1. The van der Waals surface area contributed by atoms with Gasteiger partial charge in [0.1, 0.15) is 0 Å². The van der Waals surface area contributed by atoms with Crippen LogP contribution >= 0.6 is 0 Å². The molecule has 1 aromatic rings. The third-order valence-electron chi connectivity index (χ3n) is 2.51. The van der Waals surface area contributed by atoms with Gasteiger partial charge in [0.25, 0.3) is 5.69 Å². The van der Waals surface area contributed by atoms with E-state index in [0.29, 0.717) is 18.1 Å². The molecule has 5 nitrogen and oxygen atoms in total. The maximum Gasteiger partial charge on any atom is 0.274 e. The van der Waals surface area contributed by atoms with E-state index in [-0.39, 0.29) is 10.6 Å². The minimum Gasteiger partial charge on any atom is -0.384 e. The van der Waals surface area contributed by atoms with Crippen molar-refractivity contribution in [1.82, 2.24) is 0 Å². The van der Waals surface area contributed by atoms with E-state index in [2.05, 4.69) is 12.2 Å². The molecule has 0 heterocycles. The van der Waals surface area contributed by atoms with Crippen molar-refractivity contribution in [2.24, 2.45) is 5.92 Å². The summed E-state index contributed by atoms with van der Waals surface area (Å²) < 4.78 is 5.02. The van der Waals surface area contributed by atoms with Gasteiger partial charge in [-0.05, 0) is 18.9 Å². The van der Waals surface area contributed by atoms with Gasteiger partial charge in [0.05, 0.1) is 11.5 Å². The van der Waals surface area contributed by atoms with E-state index >= 15 is 0 Å². The smallest absolute Gasteiger partial charge is 0.274 e. The normalized spacial score (nSPS) is 12.2. The number of hydrogen-bond donors (Lipinski definition) is 1. The lowest BCUT2D eigenvalue weighted by Crippen LogP contribution is -2.15. The van der Waals surface area contributed by atoms with Gasteiger partial charge in [-0.2, -0.15) is 0 Å². The van der Waals surface area contributed by atoms with Crippen LogP contribution in [-0.4, -0.2) is 25.2 Å². The summed E-state index contributed by atoms with van der Waals surface area (Å²) in [6, 6.07) is 5.16. The number of nitrogens with one attached hydrogen (secondary N) is 1. The van der Waals surface area contributed by atoms with Crippen molar-refractivity contribution in [3.8, 4) is 0 Å². The molecule has 0 bridgehead atoms. The number of rotatable bonds is 6. The number of aryl methyl sites for hydroxylation is 1. The predicted molar refractivity (Wildman–Crippen MR) is 67.4 cm³/mol. The summed E-state index contributed by atoms with van der Waals surface area (Å²) in [5.74, 6) is 0.361. The second-order valence-corrected chi connectivity index (χ2v) is 4.20. The lowest BCUT2D eigenvalue weighted by Gasteiger charge is -2.12. The van der Waals surface area contributed by atoms with Gasteiger partial charge < -0.3 is 10.1 Å². The van der Waals surface area contributed by atoms with E-state index in [1.54, 1.807) is 26.2 Å². The molecule has 0 aliphatic heterocycles. The molecule has 94 valence electrons. The molecule has 5 heteroatoms. The summed E-state index contributed by atoms with van der Waals surface area (Å²) in [7, 11) is 1.66. The maximum atomic E-state index is 10.8. The van der Waals surface area contributed by atoms with Gasteiger partial charge in [-0.25, -0.2) is 0 Å². The molecule has 0 aliphatic rings. The monoisotopic (exact) mass is 238 g/mol. The van der Waals surface area contributed by atoms with Gasteiger partial charge in [-0.3, -0.25) is 10.1 Å². The fourth-order valence-electron chi connectivity index (χ4n) is 1.55. The van der Waals surface area contributed by atoms with Crippen molar-refractivity contribution in [1.29, 1.82) is 0 Å². The number of hydrogen-bond acceptors (Lipinski definition) is 4. The number of benzene rings is 1. The zero-order valence-corrected chi connectivity index (χ0v) is 10.4. The highest BCUT2D eigenvalue weighted by molar-refractivity contribution is 5.54. The Hall–Kier alpha value is -1.62. The zero-order valence-electron chi connectivity index (χ0n) is 10.4. The molecule has 0 saturated heterocycles. The van der Waals surface area contributed by atoms with Gasteiger partial charge in [0.15, 0.2) is 0 Å². The standard InChI is InChI=1S/C12H18N2O3/c1-9(8-17-3)7-13-11-5-4-10(2)12(6-11)14(15)16/h4-6,9,13H,7-8H2,1-3H3. The average Bonchev–Trinajstić information content (AvgIpc) is 2.28. The van der Waals surface area contributed by atoms with Crippen LogP contribution in [0.5, 0.6) is 0 Å². The second kappa shape index (κ2) is 6.20. The first kappa shape index (κ1) is 13.4. The van der Waals surface area contributed by atoms with Crippen LogP contribution in [0.2, 0.25) is 0 Å². The Morgan fingerprint density at radius 1 is 1.53 bits per heavy atom. The summed E-state index contributed by atoms with van der Waals surface area (Å²) in [6.45, 7) is 5.18. The van der Waals surface area contributed by atoms with E-state index in [4.69, 9.17) is 4.74 Å². The fraction of sp³-hybridized carbons (Fsp3) is 0.500. The van der Waals surface area contributed by atoms with Gasteiger partial charge >= 0.3 is 0 Å². The van der Waals surface area contributed by atoms with Crippen LogP contribution < -0.4 is 5.32 Å². The molecule has 1 atom stereocenters. The topological polar surface area (TPSA) is 64.4 Å². The Bertz CT molecular complexity index is 393. The first-order valence-electron chi connectivity index (χ1n) is 5.52. The molecule has 0 spiro atoms. The van der Waals surface area contributed by atoms with Gasteiger partial charge in [0.2, 0.25) is 0 Å². The number of nitrogens with zero attached hydrogens (tertiary/aromatic N) is 1. The molecule has 1 rings (SSSR count). The van der Waals surface area contributed by atoms with Crippen molar-refractivity contribution in [2.75, 3.05) is 25.6 Å². The third kappa shape index (κ3) is 4.03. The largest absolute Gasteiger partial charge is 0.384 e. The Labute approximate surface area is 101 Å². The summed E-state index contributed by atoms with van der Waals surface area (Å²) in [6.07, 6.45) is 0. The highest BCUT2D eigenvalue weighted by atomic mass is 16.6. The third-order valence-corrected chi connectivity index (χ3v) is 2.51. The fourth-order valence-corrected chi connectivity index (χ4v) is 1.55. The van der Waals surface area contributed by atoms with Crippen LogP contribution in [0.4, 0.5) is 11.4 Å². The van der Waals surface area contributed by atoms with Gasteiger partial charge in [0, 0.05) is 31.0 Å². The van der Waals surface area contributed by atoms with Crippen molar-refractivity contribution < 1.29 is 9.66 Å². The zero-order chi connectivity index (χ0) is 12.8. The molecular weight excluding hydrogens is 220 g/mol. The number of ether oxygens (including phenoxy) is 1. The highest BCUT2D eigenvalue weighted by Crippen LogP contribution is 2.22. The first-order valence-corrected chi connectivity index (χ1v) is 5.52. The molecular formula is C12H18N2O3. The quantitative estimate of drug-likeness (QED) is 0.611. The Balaban J connectivity index is 2.66. The van der Waals surface area contributed by atoms with Crippen molar-refractivity contribution >= 4 is 11.4 Å². The van der Waals surface area contributed by atoms with Crippen LogP contribution in [0.15, 0.2) is 18.2 Å². The van der Waals surface area contributed by atoms with Crippen molar-refractivity contribution in [3.05, 3.63) is 33.9 Å². The highest BCUT2D eigenvalue weighted by Gasteiger charge is 2.11. The SMILES string of the molecule is COCC(C)CNc1ccc(C)c([N+](=O)[O-])c1. The summed E-state index contributed by atoms with van der Waals surface area (Å²) in [4.78, 5) is 10.4. The van der Waals surface area contributed by atoms with Crippen LogP contribution in [0.25, 0.3) is 0 Å². The minimum atomic E-state index is -0.362. The van der Waals surface area contributed by atoms with E-state index < -0.39 is 0 Å². The minimum absolute atomic E-state index is 0.148. The Kier molecular flexibility index (Phi) is 4.90. The molecule has 0 fully saturated rings. The van der Waals surface area contributed by atoms with E-state index in [9.17, 15) is 10.1 Å².